The molecule has 2 aromatic rings. The SMILES string of the molecule is O=C(NC1CCN(C(=O)c2ccnc(C(=O)O)c2)CC1)c1ccccc1. The molecule has 7 nitrogen and oxygen atoms in total. The number of piperidine rings is 1. The maximum absolute atomic E-state index is 12.5. The molecule has 2 N–H and O–H groups in total. The fourth-order valence-corrected chi connectivity index (χ4v) is 2.95. The highest BCUT2D eigenvalue weighted by molar-refractivity contribution is 5.97. The number of nitrogens with zero attached hydrogens (tertiary/aromatic N) is 2. The fraction of sp³-hybridized carbons (Fsp3) is 0.263. The number of nitrogens with one attached hydrogen (secondary N) is 1. The number of carbonyl (C=O) groups excluding carboxylic acids is 2. The topological polar surface area (TPSA) is 99.6 Å². The van der Waals surface area contributed by atoms with E-state index in [1.807, 2.05) is 18.2 Å². The summed E-state index contributed by atoms with van der Waals surface area (Å²) in [5.41, 5.74) is 0.772. The van der Waals surface area contributed by atoms with E-state index >= 15 is 0 Å². The second kappa shape index (κ2) is 7.77. The van der Waals surface area contributed by atoms with E-state index in [1.54, 1.807) is 17.0 Å². The van der Waals surface area contributed by atoms with Crippen LogP contribution in [0, 0.1) is 0 Å². The standard InChI is InChI=1S/C19H19N3O4/c23-17(13-4-2-1-3-5-13)21-15-7-10-22(11-8-15)18(24)14-6-9-20-16(12-14)19(25)26/h1-6,9,12,15H,7-8,10-11H2,(H,21,23)(H,25,26). The van der Waals surface area contributed by atoms with Gasteiger partial charge in [0.2, 0.25) is 0 Å². The van der Waals surface area contributed by atoms with Crippen molar-refractivity contribution in [3.05, 3.63) is 65.5 Å². The van der Waals surface area contributed by atoms with Crippen molar-refractivity contribution in [3.8, 4) is 0 Å². The normalized spacial score (nSPS) is 14.7. The van der Waals surface area contributed by atoms with E-state index in [0.29, 0.717) is 37.1 Å². The van der Waals surface area contributed by atoms with Gasteiger partial charge in [-0.05, 0) is 37.1 Å². The van der Waals surface area contributed by atoms with Crippen LogP contribution in [-0.2, 0) is 0 Å². The van der Waals surface area contributed by atoms with E-state index in [9.17, 15) is 14.4 Å². The average molecular weight is 353 g/mol. The average Bonchev–Trinajstić information content (AvgIpc) is 2.68. The number of amides is 2. The Morgan fingerprint density at radius 3 is 2.38 bits per heavy atom. The van der Waals surface area contributed by atoms with Crippen molar-refractivity contribution in [1.82, 2.24) is 15.2 Å². The lowest BCUT2D eigenvalue weighted by atomic mass is 10.0. The van der Waals surface area contributed by atoms with E-state index in [0.717, 1.165) is 0 Å². The highest BCUT2D eigenvalue weighted by Crippen LogP contribution is 2.15. The van der Waals surface area contributed by atoms with Crippen LogP contribution in [0.15, 0.2) is 48.7 Å². The van der Waals surface area contributed by atoms with Gasteiger partial charge >= 0.3 is 5.97 Å². The van der Waals surface area contributed by atoms with Gasteiger partial charge in [-0.15, -0.1) is 0 Å². The molecule has 0 spiro atoms. The van der Waals surface area contributed by atoms with Crippen LogP contribution in [0.2, 0.25) is 0 Å². The van der Waals surface area contributed by atoms with Crippen molar-refractivity contribution in [2.24, 2.45) is 0 Å². The van der Waals surface area contributed by atoms with Crippen LogP contribution >= 0.6 is 0 Å². The summed E-state index contributed by atoms with van der Waals surface area (Å²) in [5, 5.41) is 12.0. The molecule has 7 heteroatoms. The van der Waals surface area contributed by atoms with Crippen molar-refractivity contribution in [2.45, 2.75) is 18.9 Å². The number of aromatic carboxylic acids is 1. The van der Waals surface area contributed by atoms with E-state index < -0.39 is 5.97 Å². The Kier molecular flexibility index (Phi) is 5.26. The summed E-state index contributed by atoms with van der Waals surface area (Å²) < 4.78 is 0. The first kappa shape index (κ1) is 17.6. The molecule has 0 unspecified atom stereocenters. The van der Waals surface area contributed by atoms with Gasteiger partial charge < -0.3 is 15.3 Å². The van der Waals surface area contributed by atoms with Crippen LogP contribution in [0.4, 0.5) is 0 Å². The third kappa shape index (κ3) is 4.05. The van der Waals surface area contributed by atoms with Crippen molar-refractivity contribution >= 4 is 17.8 Å². The molecule has 1 saturated heterocycles. The van der Waals surface area contributed by atoms with Gasteiger partial charge in [0.05, 0.1) is 0 Å². The van der Waals surface area contributed by atoms with Gasteiger partial charge in [0.15, 0.2) is 0 Å². The summed E-state index contributed by atoms with van der Waals surface area (Å²) in [6.45, 7) is 1.01. The summed E-state index contributed by atoms with van der Waals surface area (Å²) in [6.07, 6.45) is 2.63. The molecule has 0 atom stereocenters. The number of aromatic nitrogens is 1. The second-order valence-electron chi connectivity index (χ2n) is 6.14. The molecule has 0 aliphatic carbocycles. The third-order valence-electron chi connectivity index (χ3n) is 4.38. The van der Waals surface area contributed by atoms with Crippen LogP contribution in [0.1, 0.15) is 44.0 Å². The van der Waals surface area contributed by atoms with Crippen molar-refractivity contribution in [3.63, 3.8) is 0 Å². The molecule has 0 saturated carbocycles. The molecule has 1 fully saturated rings. The maximum Gasteiger partial charge on any atom is 0.354 e. The largest absolute Gasteiger partial charge is 0.477 e. The second-order valence-corrected chi connectivity index (χ2v) is 6.14. The first-order valence-corrected chi connectivity index (χ1v) is 8.39. The highest BCUT2D eigenvalue weighted by atomic mass is 16.4. The number of likely N-dealkylation sites (tertiary alicyclic amines) is 1. The molecule has 134 valence electrons. The van der Waals surface area contributed by atoms with E-state index in [-0.39, 0.29) is 23.6 Å². The Morgan fingerprint density at radius 1 is 1.04 bits per heavy atom. The number of carbonyl (C=O) groups is 3. The number of carboxylic acids is 1. The van der Waals surface area contributed by atoms with Gasteiger partial charge in [0, 0.05) is 36.5 Å². The summed E-state index contributed by atoms with van der Waals surface area (Å²) >= 11 is 0. The predicted octanol–water partition coefficient (Wildman–Crippen LogP) is 1.81. The number of hydrogen-bond acceptors (Lipinski definition) is 4. The summed E-state index contributed by atoms with van der Waals surface area (Å²) in [5.74, 6) is -1.50. The first-order chi connectivity index (χ1) is 12.5. The minimum atomic E-state index is -1.16. The molecule has 2 amide bonds. The Hall–Kier alpha value is -3.22. The third-order valence-corrected chi connectivity index (χ3v) is 4.38. The summed E-state index contributed by atoms with van der Waals surface area (Å²) in [7, 11) is 0. The first-order valence-electron chi connectivity index (χ1n) is 8.39. The van der Waals surface area contributed by atoms with Gasteiger partial charge in [-0.3, -0.25) is 9.59 Å². The highest BCUT2D eigenvalue weighted by Gasteiger charge is 2.25. The Morgan fingerprint density at radius 2 is 1.73 bits per heavy atom. The van der Waals surface area contributed by atoms with Crippen molar-refractivity contribution < 1.29 is 19.5 Å². The number of rotatable bonds is 4. The number of benzene rings is 1. The number of carboxylic acid groups (broad SMARTS) is 1. The zero-order valence-electron chi connectivity index (χ0n) is 14.1. The smallest absolute Gasteiger partial charge is 0.354 e. The molecule has 1 aliphatic heterocycles. The molecule has 1 aromatic carbocycles. The molecule has 1 aliphatic rings. The van der Waals surface area contributed by atoms with E-state index in [1.165, 1.54) is 18.3 Å². The van der Waals surface area contributed by atoms with Crippen LogP contribution in [-0.4, -0.2) is 51.9 Å². The fourth-order valence-electron chi connectivity index (χ4n) is 2.95. The minimum absolute atomic E-state index is 0.0128. The molecule has 0 radical (unpaired) electrons. The quantitative estimate of drug-likeness (QED) is 0.873. The van der Waals surface area contributed by atoms with Crippen molar-refractivity contribution in [1.29, 1.82) is 0 Å². The van der Waals surface area contributed by atoms with Crippen LogP contribution in [0.3, 0.4) is 0 Å². The zero-order valence-corrected chi connectivity index (χ0v) is 14.1. The zero-order chi connectivity index (χ0) is 18.5. The van der Waals surface area contributed by atoms with E-state index in [2.05, 4.69) is 10.3 Å². The maximum atomic E-state index is 12.5. The molecule has 2 heterocycles. The predicted molar refractivity (Wildman–Crippen MR) is 94.0 cm³/mol. The van der Waals surface area contributed by atoms with Crippen LogP contribution < -0.4 is 5.32 Å². The lowest BCUT2D eigenvalue weighted by Gasteiger charge is -2.32. The van der Waals surface area contributed by atoms with Gasteiger partial charge in [0.25, 0.3) is 11.8 Å². The van der Waals surface area contributed by atoms with Crippen LogP contribution in [0.5, 0.6) is 0 Å². The monoisotopic (exact) mass is 353 g/mol. The number of hydrogen-bond donors (Lipinski definition) is 2. The molecular weight excluding hydrogens is 334 g/mol. The van der Waals surface area contributed by atoms with E-state index in [4.69, 9.17) is 5.11 Å². The molecule has 1 aromatic heterocycles. The van der Waals surface area contributed by atoms with Crippen molar-refractivity contribution in [2.75, 3.05) is 13.1 Å². The Balaban J connectivity index is 1.56. The van der Waals surface area contributed by atoms with Crippen LogP contribution in [0.25, 0.3) is 0 Å². The Bertz CT molecular complexity index is 815. The molecule has 3 rings (SSSR count). The van der Waals surface area contributed by atoms with Gasteiger partial charge in [-0.2, -0.15) is 0 Å². The van der Waals surface area contributed by atoms with Gasteiger partial charge in [-0.1, -0.05) is 18.2 Å². The van der Waals surface area contributed by atoms with Gasteiger partial charge in [0.1, 0.15) is 5.69 Å². The Labute approximate surface area is 150 Å². The summed E-state index contributed by atoms with van der Waals surface area (Å²) in [6, 6.07) is 11.8. The lowest BCUT2D eigenvalue weighted by Crippen LogP contribution is -2.46. The number of pyridine rings is 1. The van der Waals surface area contributed by atoms with Gasteiger partial charge in [-0.25, -0.2) is 9.78 Å². The minimum Gasteiger partial charge on any atom is -0.477 e. The molecule has 26 heavy (non-hydrogen) atoms. The molecule has 0 bridgehead atoms. The molecular formula is C19H19N3O4. The lowest BCUT2D eigenvalue weighted by molar-refractivity contribution is 0.0690. The summed E-state index contributed by atoms with van der Waals surface area (Å²) in [4.78, 5) is 41.1.